The smallest absolute Gasteiger partial charge is 0.0931 e. The summed E-state index contributed by atoms with van der Waals surface area (Å²) in [4.78, 5) is 1.20. The maximum Gasteiger partial charge on any atom is 0.0931 e. The first-order valence-electron chi connectivity index (χ1n) is 4.86. The summed E-state index contributed by atoms with van der Waals surface area (Å²) >= 11 is 7.47. The third-order valence-corrected chi connectivity index (χ3v) is 4.03. The molecule has 0 amide bonds. The summed E-state index contributed by atoms with van der Waals surface area (Å²) in [5.74, 6) is 0.554. The minimum atomic E-state index is 0.136. The molecule has 1 fully saturated rings. The topological polar surface area (TPSA) is 35.2 Å². The zero-order chi connectivity index (χ0) is 9.97. The van der Waals surface area contributed by atoms with Gasteiger partial charge in [0.15, 0.2) is 0 Å². The van der Waals surface area contributed by atoms with E-state index in [0.29, 0.717) is 5.92 Å². The van der Waals surface area contributed by atoms with E-state index in [1.165, 1.54) is 4.88 Å². The van der Waals surface area contributed by atoms with Gasteiger partial charge >= 0.3 is 0 Å². The van der Waals surface area contributed by atoms with E-state index in [2.05, 4.69) is 0 Å². The zero-order valence-electron chi connectivity index (χ0n) is 7.91. The van der Waals surface area contributed by atoms with Crippen molar-refractivity contribution in [3.8, 4) is 0 Å². The Morgan fingerprint density at radius 1 is 1.43 bits per heavy atom. The van der Waals surface area contributed by atoms with Crippen molar-refractivity contribution in [1.82, 2.24) is 0 Å². The van der Waals surface area contributed by atoms with Gasteiger partial charge in [-0.15, -0.1) is 11.3 Å². The number of hydrogen-bond acceptors (Lipinski definition) is 3. The van der Waals surface area contributed by atoms with Crippen LogP contribution in [-0.2, 0) is 4.74 Å². The Labute approximate surface area is 93.0 Å². The van der Waals surface area contributed by atoms with Gasteiger partial charge in [-0.25, -0.2) is 0 Å². The summed E-state index contributed by atoms with van der Waals surface area (Å²) in [6.45, 7) is 1.69. The Morgan fingerprint density at radius 3 is 2.71 bits per heavy atom. The highest BCUT2D eigenvalue weighted by molar-refractivity contribution is 7.16. The predicted molar refractivity (Wildman–Crippen MR) is 59.8 cm³/mol. The van der Waals surface area contributed by atoms with Crippen LogP contribution in [0.15, 0.2) is 12.1 Å². The van der Waals surface area contributed by atoms with Crippen LogP contribution in [0.5, 0.6) is 0 Å². The Bertz CT molecular complexity index is 296. The first-order chi connectivity index (χ1) is 6.77. The van der Waals surface area contributed by atoms with E-state index < -0.39 is 0 Å². The molecule has 1 aromatic rings. The van der Waals surface area contributed by atoms with E-state index in [4.69, 9.17) is 22.1 Å². The van der Waals surface area contributed by atoms with Crippen LogP contribution in [0.1, 0.15) is 23.8 Å². The molecule has 2 rings (SSSR count). The molecule has 0 aliphatic carbocycles. The van der Waals surface area contributed by atoms with E-state index in [-0.39, 0.29) is 6.04 Å². The Hall–Kier alpha value is -0.0900. The van der Waals surface area contributed by atoms with Crippen LogP contribution >= 0.6 is 22.9 Å². The third-order valence-electron chi connectivity index (χ3n) is 2.70. The lowest BCUT2D eigenvalue weighted by atomic mass is 9.91. The highest BCUT2D eigenvalue weighted by atomic mass is 35.5. The van der Waals surface area contributed by atoms with Gasteiger partial charge in [0.05, 0.1) is 4.34 Å². The fourth-order valence-electron chi connectivity index (χ4n) is 1.81. The van der Waals surface area contributed by atoms with Gasteiger partial charge in [-0.2, -0.15) is 0 Å². The normalized spacial score (nSPS) is 21.0. The zero-order valence-corrected chi connectivity index (χ0v) is 9.48. The molecule has 0 spiro atoms. The summed E-state index contributed by atoms with van der Waals surface area (Å²) < 4.78 is 6.13. The summed E-state index contributed by atoms with van der Waals surface area (Å²) in [6, 6.07) is 4.09. The molecule has 1 saturated heterocycles. The van der Waals surface area contributed by atoms with Crippen LogP contribution in [0.3, 0.4) is 0 Å². The number of ether oxygens (including phenoxy) is 1. The van der Waals surface area contributed by atoms with E-state index in [0.717, 1.165) is 30.4 Å². The highest BCUT2D eigenvalue weighted by Gasteiger charge is 2.23. The predicted octanol–water partition coefficient (Wildman–Crippen LogP) is 2.83. The molecule has 1 aromatic heterocycles. The number of halogens is 1. The first-order valence-corrected chi connectivity index (χ1v) is 6.05. The van der Waals surface area contributed by atoms with Crippen LogP contribution in [-0.4, -0.2) is 13.2 Å². The van der Waals surface area contributed by atoms with Crippen molar-refractivity contribution in [1.29, 1.82) is 0 Å². The van der Waals surface area contributed by atoms with Crippen LogP contribution < -0.4 is 5.73 Å². The largest absolute Gasteiger partial charge is 0.381 e. The van der Waals surface area contributed by atoms with Crippen molar-refractivity contribution in [2.24, 2.45) is 11.7 Å². The van der Waals surface area contributed by atoms with Crippen molar-refractivity contribution in [2.45, 2.75) is 18.9 Å². The molecule has 14 heavy (non-hydrogen) atoms. The van der Waals surface area contributed by atoms with E-state index in [1.807, 2.05) is 12.1 Å². The minimum Gasteiger partial charge on any atom is -0.381 e. The summed E-state index contributed by atoms with van der Waals surface area (Å²) in [6.07, 6.45) is 2.13. The number of hydrogen-bond donors (Lipinski definition) is 1. The minimum absolute atomic E-state index is 0.136. The molecular weight excluding hydrogens is 218 g/mol. The second-order valence-corrected chi connectivity index (χ2v) is 5.36. The van der Waals surface area contributed by atoms with Crippen LogP contribution in [0.25, 0.3) is 0 Å². The van der Waals surface area contributed by atoms with Gasteiger partial charge in [-0.3, -0.25) is 0 Å². The number of rotatable bonds is 2. The molecule has 0 saturated carbocycles. The Morgan fingerprint density at radius 2 is 2.14 bits per heavy atom. The standard InChI is InChI=1S/C10H14ClNOS/c11-9-2-1-8(14-9)10(12)7-3-5-13-6-4-7/h1-2,7,10H,3-6,12H2/t10-/m1/s1. The van der Waals surface area contributed by atoms with Crippen LogP contribution in [0, 0.1) is 5.92 Å². The molecular formula is C10H14ClNOS. The van der Waals surface area contributed by atoms with Crippen LogP contribution in [0.4, 0.5) is 0 Å². The van der Waals surface area contributed by atoms with Gasteiger partial charge in [0.25, 0.3) is 0 Å². The Kier molecular flexibility index (Phi) is 3.44. The lowest BCUT2D eigenvalue weighted by Crippen LogP contribution is -2.26. The van der Waals surface area contributed by atoms with Gasteiger partial charge in [0, 0.05) is 24.1 Å². The monoisotopic (exact) mass is 231 g/mol. The molecule has 1 aliphatic heterocycles. The average Bonchev–Trinajstić information content (AvgIpc) is 2.65. The highest BCUT2D eigenvalue weighted by Crippen LogP contribution is 2.33. The SMILES string of the molecule is N[C@@H](c1ccc(Cl)s1)C1CCOCC1. The quantitative estimate of drug-likeness (QED) is 0.850. The lowest BCUT2D eigenvalue weighted by Gasteiger charge is -2.26. The first kappa shape index (κ1) is 10.4. The van der Waals surface area contributed by atoms with Crippen molar-refractivity contribution in [2.75, 3.05) is 13.2 Å². The molecule has 2 heterocycles. The van der Waals surface area contributed by atoms with Gasteiger partial charge in [-0.1, -0.05) is 11.6 Å². The van der Waals surface area contributed by atoms with E-state index in [9.17, 15) is 0 Å². The van der Waals surface area contributed by atoms with Crippen LogP contribution in [0.2, 0.25) is 4.34 Å². The average molecular weight is 232 g/mol. The van der Waals surface area contributed by atoms with Gasteiger partial charge in [0.1, 0.15) is 0 Å². The maximum atomic E-state index is 6.18. The molecule has 4 heteroatoms. The second-order valence-electron chi connectivity index (χ2n) is 3.62. The van der Waals surface area contributed by atoms with Gasteiger partial charge < -0.3 is 10.5 Å². The molecule has 0 aromatic carbocycles. The fourth-order valence-corrected chi connectivity index (χ4v) is 2.97. The number of nitrogens with two attached hydrogens (primary N) is 1. The number of thiophene rings is 1. The van der Waals surface area contributed by atoms with Crippen molar-refractivity contribution >= 4 is 22.9 Å². The van der Waals surface area contributed by atoms with Gasteiger partial charge in [0.2, 0.25) is 0 Å². The van der Waals surface area contributed by atoms with E-state index >= 15 is 0 Å². The molecule has 1 atom stereocenters. The molecule has 0 unspecified atom stereocenters. The van der Waals surface area contributed by atoms with Crippen molar-refractivity contribution in [3.05, 3.63) is 21.3 Å². The maximum absolute atomic E-state index is 6.18. The Balaban J connectivity index is 2.03. The van der Waals surface area contributed by atoms with E-state index in [1.54, 1.807) is 11.3 Å². The lowest BCUT2D eigenvalue weighted by molar-refractivity contribution is 0.0587. The van der Waals surface area contributed by atoms with Crippen molar-refractivity contribution in [3.63, 3.8) is 0 Å². The van der Waals surface area contributed by atoms with Crippen molar-refractivity contribution < 1.29 is 4.74 Å². The molecule has 2 nitrogen and oxygen atoms in total. The molecule has 2 N–H and O–H groups in total. The third kappa shape index (κ3) is 2.28. The summed E-state index contributed by atoms with van der Waals surface area (Å²) in [5, 5.41) is 0. The van der Waals surface area contributed by atoms with Gasteiger partial charge in [-0.05, 0) is 30.9 Å². The summed E-state index contributed by atoms with van der Waals surface area (Å²) in [7, 11) is 0. The molecule has 0 radical (unpaired) electrons. The second kappa shape index (κ2) is 4.62. The molecule has 78 valence electrons. The molecule has 1 aliphatic rings. The molecule has 0 bridgehead atoms. The summed E-state index contributed by atoms with van der Waals surface area (Å²) in [5.41, 5.74) is 6.18. The fraction of sp³-hybridized carbons (Fsp3) is 0.600.